The Hall–Kier alpha value is -2.86. The Morgan fingerprint density at radius 3 is 2.65 bits per heavy atom. The number of ether oxygens (including phenoxy) is 1. The van der Waals surface area contributed by atoms with E-state index in [2.05, 4.69) is 15.8 Å². The summed E-state index contributed by atoms with van der Waals surface area (Å²) in [6.45, 7) is 3.50. The van der Waals surface area contributed by atoms with Gasteiger partial charge in [-0.1, -0.05) is 43.0 Å². The van der Waals surface area contributed by atoms with Gasteiger partial charge in [0.05, 0.1) is 5.71 Å². The van der Waals surface area contributed by atoms with E-state index in [-0.39, 0.29) is 24.3 Å². The zero-order valence-corrected chi connectivity index (χ0v) is 18.7. The Kier molecular flexibility index (Phi) is 8.06. The van der Waals surface area contributed by atoms with E-state index in [1.165, 1.54) is 6.42 Å². The maximum absolute atomic E-state index is 12.5. The molecule has 1 aliphatic rings. The zero-order chi connectivity index (χ0) is 22.2. The Morgan fingerprint density at radius 1 is 1.13 bits per heavy atom. The molecule has 0 saturated heterocycles. The van der Waals surface area contributed by atoms with E-state index in [0.717, 1.165) is 42.5 Å². The summed E-state index contributed by atoms with van der Waals surface area (Å²) >= 11 is 5.92. The van der Waals surface area contributed by atoms with Gasteiger partial charge in [-0.25, -0.2) is 5.43 Å². The highest BCUT2D eigenvalue weighted by Gasteiger charge is 2.21. The number of benzene rings is 2. The molecule has 6 nitrogen and oxygen atoms in total. The van der Waals surface area contributed by atoms with Crippen LogP contribution in [0.3, 0.4) is 0 Å². The van der Waals surface area contributed by atoms with Crippen LogP contribution in [0, 0.1) is 12.8 Å². The van der Waals surface area contributed by atoms with Gasteiger partial charge in [0, 0.05) is 16.6 Å². The zero-order valence-electron chi connectivity index (χ0n) is 17.9. The number of nitrogens with zero attached hydrogens (tertiary/aromatic N) is 1. The molecule has 164 valence electrons. The number of aryl methyl sites for hydroxylation is 1. The van der Waals surface area contributed by atoms with Gasteiger partial charge in [0.1, 0.15) is 5.75 Å². The van der Waals surface area contributed by atoms with Crippen molar-refractivity contribution in [2.24, 2.45) is 11.0 Å². The molecule has 1 aliphatic carbocycles. The lowest BCUT2D eigenvalue weighted by Crippen LogP contribution is -2.26. The van der Waals surface area contributed by atoms with Gasteiger partial charge in [-0.2, -0.15) is 5.10 Å². The molecule has 7 heteroatoms. The second-order valence-electron chi connectivity index (χ2n) is 7.84. The van der Waals surface area contributed by atoms with Crippen molar-refractivity contribution in [3.05, 3.63) is 58.6 Å². The number of carbonyl (C=O) groups excluding carboxylic acids is 2. The minimum atomic E-state index is -0.365. The minimum absolute atomic E-state index is 0.0781. The third-order valence-corrected chi connectivity index (χ3v) is 5.60. The number of anilines is 1. The highest BCUT2D eigenvalue weighted by atomic mass is 35.5. The normalized spacial score (nSPS) is 14.7. The summed E-state index contributed by atoms with van der Waals surface area (Å²) in [7, 11) is 0. The number of amides is 2. The van der Waals surface area contributed by atoms with Crippen molar-refractivity contribution in [1.29, 1.82) is 0 Å². The van der Waals surface area contributed by atoms with Crippen molar-refractivity contribution >= 4 is 34.8 Å². The predicted octanol–water partition coefficient (Wildman–Crippen LogP) is 5.09. The Balaban J connectivity index is 1.53. The number of hydrogen-bond donors (Lipinski definition) is 2. The fourth-order valence-electron chi connectivity index (χ4n) is 3.59. The summed E-state index contributed by atoms with van der Waals surface area (Å²) in [6.07, 6.45) is 5.35. The first kappa shape index (κ1) is 22.8. The van der Waals surface area contributed by atoms with Crippen LogP contribution in [0.1, 0.15) is 50.2 Å². The van der Waals surface area contributed by atoms with Crippen LogP contribution in [0.5, 0.6) is 5.75 Å². The number of carbonyl (C=O) groups is 2. The molecule has 0 heterocycles. The van der Waals surface area contributed by atoms with E-state index in [4.69, 9.17) is 16.3 Å². The van der Waals surface area contributed by atoms with Gasteiger partial charge >= 0.3 is 0 Å². The molecule has 2 amide bonds. The third kappa shape index (κ3) is 6.82. The number of halogens is 1. The van der Waals surface area contributed by atoms with E-state index < -0.39 is 0 Å². The van der Waals surface area contributed by atoms with Gasteiger partial charge in [0.2, 0.25) is 5.91 Å². The molecule has 1 saturated carbocycles. The predicted molar refractivity (Wildman–Crippen MR) is 124 cm³/mol. The second kappa shape index (κ2) is 11.0. The number of hydrogen-bond acceptors (Lipinski definition) is 4. The number of hydrazone groups is 1. The van der Waals surface area contributed by atoms with Gasteiger partial charge in [-0.05, 0) is 68.1 Å². The molecule has 0 aliphatic heterocycles. The fraction of sp³-hybridized carbons (Fsp3) is 0.375. The highest BCUT2D eigenvalue weighted by molar-refractivity contribution is 6.30. The maximum atomic E-state index is 12.5. The fourth-order valence-corrected chi connectivity index (χ4v) is 3.82. The van der Waals surface area contributed by atoms with Crippen molar-refractivity contribution in [3.8, 4) is 5.75 Å². The van der Waals surface area contributed by atoms with Crippen molar-refractivity contribution < 1.29 is 14.3 Å². The molecule has 31 heavy (non-hydrogen) atoms. The van der Waals surface area contributed by atoms with E-state index in [1.807, 2.05) is 31.2 Å². The smallest absolute Gasteiger partial charge is 0.277 e. The SMILES string of the molecule is C/C(=N/NC(=O)COc1ccc(Cl)cc1C)c1cccc(NC(=O)C2CCCCC2)c1. The second-order valence-corrected chi connectivity index (χ2v) is 8.27. The Bertz CT molecular complexity index is 968. The summed E-state index contributed by atoms with van der Waals surface area (Å²) < 4.78 is 5.52. The Morgan fingerprint density at radius 2 is 1.90 bits per heavy atom. The topological polar surface area (TPSA) is 79.8 Å². The van der Waals surface area contributed by atoms with Crippen LogP contribution in [-0.2, 0) is 9.59 Å². The Labute approximate surface area is 188 Å². The summed E-state index contributed by atoms with van der Waals surface area (Å²) in [6, 6.07) is 12.7. The lowest BCUT2D eigenvalue weighted by Gasteiger charge is -2.20. The average molecular weight is 442 g/mol. The van der Waals surface area contributed by atoms with Crippen molar-refractivity contribution in [2.45, 2.75) is 46.0 Å². The summed E-state index contributed by atoms with van der Waals surface area (Å²) in [5.41, 5.74) is 5.54. The van der Waals surface area contributed by atoms with E-state index in [9.17, 15) is 9.59 Å². The molecule has 1 fully saturated rings. The van der Waals surface area contributed by atoms with Crippen LogP contribution in [0.2, 0.25) is 5.02 Å². The number of rotatable bonds is 7. The third-order valence-electron chi connectivity index (χ3n) is 5.37. The van der Waals surface area contributed by atoms with Gasteiger partial charge in [-0.3, -0.25) is 9.59 Å². The largest absolute Gasteiger partial charge is 0.483 e. The lowest BCUT2D eigenvalue weighted by molar-refractivity contribution is -0.123. The molecular formula is C24H28ClN3O3. The van der Waals surface area contributed by atoms with Crippen LogP contribution in [-0.4, -0.2) is 24.1 Å². The summed E-state index contributed by atoms with van der Waals surface area (Å²) in [5, 5.41) is 7.78. The van der Waals surface area contributed by atoms with E-state index in [0.29, 0.717) is 16.5 Å². The quantitative estimate of drug-likeness (QED) is 0.464. The number of nitrogens with one attached hydrogen (secondary N) is 2. The van der Waals surface area contributed by atoms with Crippen molar-refractivity contribution in [3.63, 3.8) is 0 Å². The summed E-state index contributed by atoms with van der Waals surface area (Å²) in [5.74, 6) is 0.405. The van der Waals surface area contributed by atoms with Crippen LogP contribution in [0.15, 0.2) is 47.6 Å². The van der Waals surface area contributed by atoms with Crippen LogP contribution >= 0.6 is 11.6 Å². The first-order valence-electron chi connectivity index (χ1n) is 10.6. The molecule has 0 aromatic heterocycles. The molecule has 2 aromatic rings. The molecule has 2 N–H and O–H groups in total. The van der Waals surface area contributed by atoms with Crippen molar-refractivity contribution in [1.82, 2.24) is 5.43 Å². The van der Waals surface area contributed by atoms with Crippen LogP contribution < -0.4 is 15.5 Å². The standard InChI is InChI=1S/C24H28ClN3O3/c1-16-13-20(25)11-12-22(16)31-15-23(29)28-27-17(2)19-9-6-10-21(14-19)26-24(30)18-7-4-3-5-8-18/h6,9-14,18H,3-5,7-8,15H2,1-2H3,(H,26,30)(H,28,29)/b27-17-. The van der Waals surface area contributed by atoms with Crippen LogP contribution in [0.4, 0.5) is 5.69 Å². The van der Waals surface area contributed by atoms with Crippen molar-refractivity contribution in [2.75, 3.05) is 11.9 Å². The lowest BCUT2D eigenvalue weighted by atomic mass is 9.88. The molecule has 0 atom stereocenters. The monoisotopic (exact) mass is 441 g/mol. The molecule has 0 spiro atoms. The molecule has 2 aromatic carbocycles. The highest BCUT2D eigenvalue weighted by Crippen LogP contribution is 2.25. The van der Waals surface area contributed by atoms with E-state index >= 15 is 0 Å². The van der Waals surface area contributed by atoms with Gasteiger partial charge in [-0.15, -0.1) is 0 Å². The molecule has 0 radical (unpaired) electrons. The van der Waals surface area contributed by atoms with Gasteiger partial charge in [0.15, 0.2) is 6.61 Å². The molecular weight excluding hydrogens is 414 g/mol. The van der Waals surface area contributed by atoms with Gasteiger partial charge < -0.3 is 10.1 Å². The molecule has 3 rings (SSSR count). The molecule has 0 bridgehead atoms. The van der Waals surface area contributed by atoms with Crippen LogP contribution in [0.25, 0.3) is 0 Å². The minimum Gasteiger partial charge on any atom is -0.483 e. The molecule has 0 unspecified atom stereocenters. The maximum Gasteiger partial charge on any atom is 0.277 e. The van der Waals surface area contributed by atoms with Gasteiger partial charge in [0.25, 0.3) is 5.91 Å². The first-order valence-corrected chi connectivity index (χ1v) is 10.9. The first-order chi connectivity index (χ1) is 14.9. The van der Waals surface area contributed by atoms with E-state index in [1.54, 1.807) is 25.1 Å². The summed E-state index contributed by atoms with van der Waals surface area (Å²) in [4.78, 5) is 24.6. The average Bonchev–Trinajstić information content (AvgIpc) is 2.77.